The van der Waals surface area contributed by atoms with Gasteiger partial charge in [0.15, 0.2) is 0 Å². The number of anilines is 1. The molecule has 0 aliphatic carbocycles. The minimum Gasteiger partial charge on any atom is -0.380 e. The van der Waals surface area contributed by atoms with Crippen LogP contribution >= 0.6 is 0 Å². The van der Waals surface area contributed by atoms with E-state index >= 15 is 0 Å². The number of hydrogen-bond acceptors (Lipinski definition) is 2. The summed E-state index contributed by atoms with van der Waals surface area (Å²) in [5.41, 5.74) is 3.87. The number of nitrogens with zero attached hydrogens (tertiary/aromatic N) is 1. The summed E-state index contributed by atoms with van der Waals surface area (Å²) in [6.07, 6.45) is 0. The Morgan fingerprint density at radius 2 is 2.00 bits per heavy atom. The summed E-state index contributed by atoms with van der Waals surface area (Å²) in [4.78, 5) is 4.37. The first-order chi connectivity index (χ1) is 8.15. The molecular formula is C14H15FN2. The van der Waals surface area contributed by atoms with E-state index in [0.29, 0.717) is 6.54 Å². The van der Waals surface area contributed by atoms with Crippen LogP contribution in [0.15, 0.2) is 36.4 Å². The minimum absolute atomic E-state index is 0.206. The molecule has 2 aromatic rings. The molecule has 0 bridgehead atoms. The first kappa shape index (κ1) is 11.6. The Hall–Kier alpha value is -1.90. The summed E-state index contributed by atoms with van der Waals surface area (Å²) in [6, 6.07) is 10.5. The zero-order chi connectivity index (χ0) is 12.3. The second-order valence-electron chi connectivity index (χ2n) is 4.07. The number of aryl methyl sites for hydroxylation is 2. The topological polar surface area (TPSA) is 24.9 Å². The standard InChI is InChI=1S/C14H15FN2/c1-10-6-7-14(11(2)17-10)16-9-12-4-3-5-13(15)8-12/h3-8,16H,9H2,1-2H3. The lowest BCUT2D eigenvalue weighted by molar-refractivity contribution is 0.626. The average molecular weight is 230 g/mol. The van der Waals surface area contributed by atoms with Crippen molar-refractivity contribution in [2.24, 2.45) is 0 Å². The number of nitrogens with one attached hydrogen (secondary N) is 1. The van der Waals surface area contributed by atoms with Crippen LogP contribution in [0.4, 0.5) is 10.1 Å². The fourth-order valence-electron chi connectivity index (χ4n) is 1.72. The number of pyridine rings is 1. The van der Waals surface area contributed by atoms with Crippen LogP contribution < -0.4 is 5.32 Å². The third-order valence-corrected chi connectivity index (χ3v) is 2.60. The molecule has 0 atom stereocenters. The van der Waals surface area contributed by atoms with Crippen LogP contribution in [0.2, 0.25) is 0 Å². The van der Waals surface area contributed by atoms with Crippen molar-refractivity contribution in [2.75, 3.05) is 5.32 Å². The van der Waals surface area contributed by atoms with Crippen LogP contribution in [0.25, 0.3) is 0 Å². The van der Waals surface area contributed by atoms with E-state index in [-0.39, 0.29) is 5.82 Å². The Bertz CT molecular complexity index is 523. The van der Waals surface area contributed by atoms with Crippen molar-refractivity contribution < 1.29 is 4.39 Å². The first-order valence-electron chi connectivity index (χ1n) is 5.58. The highest BCUT2D eigenvalue weighted by molar-refractivity contribution is 5.48. The van der Waals surface area contributed by atoms with E-state index in [0.717, 1.165) is 22.6 Å². The second-order valence-corrected chi connectivity index (χ2v) is 4.07. The Labute approximate surface area is 101 Å². The number of benzene rings is 1. The molecule has 1 aromatic carbocycles. The molecule has 0 aliphatic heterocycles. The zero-order valence-electron chi connectivity index (χ0n) is 10.00. The van der Waals surface area contributed by atoms with Crippen LogP contribution in [0.3, 0.4) is 0 Å². The van der Waals surface area contributed by atoms with Gasteiger partial charge in [0, 0.05) is 12.2 Å². The lowest BCUT2D eigenvalue weighted by Crippen LogP contribution is -2.02. The SMILES string of the molecule is Cc1ccc(NCc2cccc(F)c2)c(C)n1. The summed E-state index contributed by atoms with van der Waals surface area (Å²) in [7, 11) is 0. The molecule has 2 nitrogen and oxygen atoms in total. The first-order valence-corrected chi connectivity index (χ1v) is 5.58. The zero-order valence-corrected chi connectivity index (χ0v) is 10.00. The Balaban J connectivity index is 2.07. The molecule has 1 N–H and O–H groups in total. The van der Waals surface area contributed by atoms with Gasteiger partial charge in [0.25, 0.3) is 0 Å². The van der Waals surface area contributed by atoms with Crippen molar-refractivity contribution in [1.82, 2.24) is 4.98 Å². The van der Waals surface area contributed by atoms with E-state index in [4.69, 9.17) is 0 Å². The highest BCUT2D eigenvalue weighted by atomic mass is 19.1. The van der Waals surface area contributed by atoms with Crippen LogP contribution in [0.1, 0.15) is 17.0 Å². The fourth-order valence-corrected chi connectivity index (χ4v) is 1.72. The predicted molar refractivity (Wildman–Crippen MR) is 67.4 cm³/mol. The van der Waals surface area contributed by atoms with Crippen molar-refractivity contribution in [3.8, 4) is 0 Å². The average Bonchev–Trinajstić information content (AvgIpc) is 2.28. The van der Waals surface area contributed by atoms with Gasteiger partial charge in [-0.1, -0.05) is 12.1 Å². The fraction of sp³-hybridized carbons (Fsp3) is 0.214. The molecule has 0 spiro atoms. The number of halogens is 1. The molecule has 17 heavy (non-hydrogen) atoms. The molecule has 88 valence electrons. The largest absolute Gasteiger partial charge is 0.380 e. The van der Waals surface area contributed by atoms with Crippen molar-refractivity contribution in [2.45, 2.75) is 20.4 Å². The monoisotopic (exact) mass is 230 g/mol. The van der Waals surface area contributed by atoms with Gasteiger partial charge in [-0.15, -0.1) is 0 Å². The Morgan fingerprint density at radius 1 is 1.18 bits per heavy atom. The Morgan fingerprint density at radius 3 is 2.71 bits per heavy atom. The molecule has 3 heteroatoms. The van der Waals surface area contributed by atoms with Gasteiger partial charge in [-0.3, -0.25) is 4.98 Å². The van der Waals surface area contributed by atoms with Gasteiger partial charge in [0.2, 0.25) is 0 Å². The van der Waals surface area contributed by atoms with E-state index < -0.39 is 0 Å². The lowest BCUT2D eigenvalue weighted by Gasteiger charge is -2.09. The van der Waals surface area contributed by atoms with Crippen molar-refractivity contribution in [3.63, 3.8) is 0 Å². The maximum atomic E-state index is 13.0. The van der Waals surface area contributed by atoms with Gasteiger partial charge >= 0.3 is 0 Å². The lowest BCUT2D eigenvalue weighted by atomic mass is 10.2. The van der Waals surface area contributed by atoms with Crippen molar-refractivity contribution >= 4 is 5.69 Å². The highest BCUT2D eigenvalue weighted by Gasteiger charge is 2.00. The van der Waals surface area contributed by atoms with E-state index in [1.807, 2.05) is 32.0 Å². The minimum atomic E-state index is -0.206. The third-order valence-electron chi connectivity index (χ3n) is 2.60. The maximum absolute atomic E-state index is 13.0. The quantitative estimate of drug-likeness (QED) is 0.873. The molecule has 0 fully saturated rings. The van der Waals surface area contributed by atoms with Gasteiger partial charge in [0.1, 0.15) is 5.82 Å². The molecule has 0 aliphatic rings. The molecule has 2 rings (SSSR count). The number of aromatic nitrogens is 1. The van der Waals surface area contributed by atoms with Crippen LogP contribution in [0.5, 0.6) is 0 Å². The van der Waals surface area contributed by atoms with Crippen LogP contribution in [-0.2, 0) is 6.54 Å². The summed E-state index contributed by atoms with van der Waals surface area (Å²) < 4.78 is 13.0. The summed E-state index contributed by atoms with van der Waals surface area (Å²) in [5, 5.41) is 3.25. The van der Waals surface area contributed by atoms with E-state index in [9.17, 15) is 4.39 Å². The van der Waals surface area contributed by atoms with E-state index in [1.54, 1.807) is 6.07 Å². The van der Waals surface area contributed by atoms with Gasteiger partial charge in [-0.25, -0.2) is 4.39 Å². The van der Waals surface area contributed by atoms with Gasteiger partial charge in [-0.05, 0) is 43.7 Å². The second kappa shape index (κ2) is 4.95. The third kappa shape index (κ3) is 3.03. The maximum Gasteiger partial charge on any atom is 0.123 e. The summed E-state index contributed by atoms with van der Waals surface area (Å²) >= 11 is 0. The molecule has 0 unspecified atom stereocenters. The number of rotatable bonds is 3. The molecular weight excluding hydrogens is 215 g/mol. The van der Waals surface area contributed by atoms with Crippen molar-refractivity contribution in [1.29, 1.82) is 0 Å². The van der Waals surface area contributed by atoms with Crippen LogP contribution in [-0.4, -0.2) is 4.98 Å². The predicted octanol–water partition coefficient (Wildman–Crippen LogP) is 3.45. The van der Waals surface area contributed by atoms with E-state index in [1.165, 1.54) is 12.1 Å². The normalized spacial score (nSPS) is 10.3. The molecule has 0 radical (unpaired) electrons. The summed E-state index contributed by atoms with van der Waals surface area (Å²) in [6.45, 7) is 4.52. The van der Waals surface area contributed by atoms with Gasteiger partial charge < -0.3 is 5.32 Å². The molecule has 0 amide bonds. The van der Waals surface area contributed by atoms with Crippen molar-refractivity contribution in [3.05, 3.63) is 59.2 Å². The molecule has 1 heterocycles. The summed E-state index contributed by atoms with van der Waals surface area (Å²) in [5.74, 6) is -0.206. The number of hydrogen-bond donors (Lipinski definition) is 1. The van der Waals surface area contributed by atoms with Crippen LogP contribution in [0, 0.1) is 19.7 Å². The molecule has 1 aromatic heterocycles. The molecule has 0 saturated heterocycles. The smallest absolute Gasteiger partial charge is 0.123 e. The molecule has 0 saturated carbocycles. The van der Waals surface area contributed by atoms with E-state index in [2.05, 4.69) is 10.3 Å². The van der Waals surface area contributed by atoms with Gasteiger partial charge in [0.05, 0.1) is 11.4 Å². The Kier molecular flexibility index (Phi) is 3.38. The highest BCUT2D eigenvalue weighted by Crippen LogP contribution is 2.14. The van der Waals surface area contributed by atoms with Gasteiger partial charge in [-0.2, -0.15) is 0 Å².